The molecule has 1 aliphatic carbocycles. The molecule has 106 valence electrons. The molecule has 0 bridgehead atoms. The number of amides is 1. The van der Waals surface area contributed by atoms with Crippen LogP contribution in [0.3, 0.4) is 0 Å². The van der Waals surface area contributed by atoms with E-state index in [1.165, 1.54) is 25.7 Å². The topological polar surface area (TPSA) is 41.1 Å². The lowest BCUT2D eigenvalue weighted by molar-refractivity contribution is -0.123. The molecule has 18 heavy (non-hydrogen) atoms. The molecule has 4 heteroatoms. The lowest BCUT2D eigenvalue weighted by atomic mass is 9.94. The first-order valence-corrected chi connectivity index (χ1v) is 8.40. The average Bonchev–Trinajstić information content (AvgIpc) is 2.36. The van der Waals surface area contributed by atoms with Crippen molar-refractivity contribution in [3.63, 3.8) is 0 Å². The predicted octanol–water partition coefficient (Wildman–Crippen LogP) is 2.41. The third-order valence-electron chi connectivity index (χ3n) is 3.55. The van der Waals surface area contributed by atoms with E-state index in [0.717, 1.165) is 6.54 Å². The quantitative estimate of drug-likeness (QED) is 0.780. The van der Waals surface area contributed by atoms with E-state index in [2.05, 4.69) is 30.7 Å². The SMILES string of the molecule is CSC1CCCCC1NC(C)C(=O)NCC(C)C. The summed E-state index contributed by atoms with van der Waals surface area (Å²) < 4.78 is 0. The molecule has 3 nitrogen and oxygen atoms in total. The van der Waals surface area contributed by atoms with Crippen LogP contribution < -0.4 is 10.6 Å². The Morgan fingerprint density at radius 3 is 2.56 bits per heavy atom. The van der Waals surface area contributed by atoms with E-state index >= 15 is 0 Å². The zero-order valence-electron chi connectivity index (χ0n) is 12.2. The molecule has 1 aliphatic rings. The van der Waals surface area contributed by atoms with Crippen molar-refractivity contribution < 1.29 is 4.79 Å². The van der Waals surface area contributed by atoms with Crippen LogP contribution in [0.15, 0.2) is 0 Å². The van der Waals surface area contributed by atoms with Crippen LogP contribution in [0.25, 0.3) is 0 Å². The van der Waals surface area contributed by atoms with Gasteiger partial charge in [-0.15, -0.1) is 0 Å². The van der Waals surface area contributed by atoms with E-state index < -0.39 is 0 Å². The van der Waals surface area contributed by atoms with Crippen molar-refractivity contribution in [2.75, 3.05) is 12.8 Å². The molecule has 1 fully saturated rings. The largest absolute Gasteiger partial charge is 0.354 e. The van der Waals surface area contributed by atoms with Gasteiger partial charge in [-0.05, 0) is 31.9 Å². The fourth-order valence-corrected chi connectivity index (χ4v) is 3.37. The van der Waals surface area contributed by atoms with Crippen molar-refractivity contribution in [1.29, 1.82) is 0 Å². The minimum Gasteiger partial charge on any atom is -0.354 e. The van der Waals surface area contributed by atoms with Crippen molar-refractivity contribution >= 4 is 17.7 Å². The molecule has 0 spiro atoms. The van der Waals surface area contributed by atoms with Gasteiger partial charge in [0.25, 0.3) is 0 Å². The smallest absolute Gasteiger partial charge is 0.236 e. The fourth-order valence-electron chi connectivity index (χ4n) is 2.42. The Hall–Kier alpha value is -0.220. The molecule has 0 heterocycles. The summed E-state index contributed by atoms with van der Waals surface area (Å²) in [5.41, 5.74) is 0. The molecule has 1 saturated carbocycles. The van der Waals surface area contributed by atoms with Gasteiger partial charge in [0.1, 0.15) is 0 Å². The maximum Gasteiger partial charge on any atom is 0.236 e. The van der Waals surface area contributed by atoms with Crippen LogP contribution in [-0.4, -0.2) is 36.0 Å². The van der Waals surface area contributed by atoms with Gasteiger partial charge >= 0.3 is 0 Å². The molecule has 0 aromatic heterocycles. The first-order valence-electron chi connectivity index (χ1n) is 7.11. The van der Waals surface area contributed by atoms with Gasteiger partial charge < -0.3 is 10.6 Å². The van der Waals surface area contributed by atoms with Crippen LogP contribution in [0.4, 0.5) is 0 Å². The number of rotatable bonds is 6. The molecule has 3 unspecified atom stereocenters. The molecule has 0 radical (unpaired) electrons. The lowest BCUT2D eigenvalue weighted by Gasteiger charge is -2.33. The Kier molecular flexibility index (Phi) is 7.08. The second-order valence-corrected chi connectivity index (χ2v) is 6.77. The van der Waals surface area contributed by atoms with Crippen molar-refractivity contribution in [2.24, 2.45) is 5.92 Å². The summed E-state index contributed by atoms with van der Waals surface area (Å²) in [7, 11) is 0. The van der Waals surface area contributed by atoms with E-state index in [4.69, 9.17) is 0 Å². The number of thioether (sulfide) groups is 1. The number of carbonyl (C=O) groups is 1. The highest BCUT2D eigenvalue weighted by Gasteiger charge is 2.27. The monoisotopic (exact) mass is 272 g/mol. The minimum absolute atomic E-state index is 0.0819. The van der Waals surface area contributed by atoms with Crippen molar-refractivity contribution in [2.45, 2.75) is 63.8 Å². The second kappa shape index (κ2) is 8.05. The van der Waals surface area contributed by atoms with Gasteiger partial charge in [0.2, 0.25) is 5.91 Å². The standard InChI is InChI=1S/C14H28N2OS/c1-10(2)9-15-14(17)11(3)16-12-7-5-6-8-13(12)18-4/h10-13,16H,5-9H2,1-4H3,(H,15,17). The van der Waals surface area contributed by atoms with Gasteiger partial charge in [-0.1, -0.05) is 26.7 Å². The van der Waals surface area contributed by atoms with Crippen LogP contribution in [0.1, 0.15) is 46.5 Å². The van der Waals surface area contributed by atoms with E-state index in [1.807, 2.05) is 18.7 Å². The van der Waals surface area contributed by atoms with Crippen molar-refractivity contribution in [3.8, 4) is 0 Å². The number of hydrogen-bond donors (Lipinski definition) is 2. The number of hydrogen-bond acceptors (Lipinski definition) is 3. The van der Waals surface area contributed by atoms with Gasteiger partial charge in [0.15, 0.2) is 0 Å². The van der Waals surface area contributed by atoms with E-state index in [-0.39, 0.29) is 11.9 Å². The van der Waals surface area contributed by atoms with Crippen molar-refractivity contribution in [1.82, 2.24) is 10.6 Å². The van der Waals surface area contributed by atoms with E-state index in [9.17, 15) is 4.79 Å². The third-order valence-corrected chi connectivity index (χ3v) is 4.72. The maximum absolute atomic E-state index is 11.9. The normalized spacial score (nSPS) is 26.1. The first kappa shape index (κ1) is 15.8. The Labute approximate surface area is 116 Å². The number of carbonyl (C=O) groups excluding carboxylic acids is 1. The van der Waals surface area contributed by atoms with Crippen molar-refractivity contribution in [3.05, 3.63) is 0 Å². The number of nitrogens with one attached hydrogen (secondary N) is 2. The zero-order valence-corrected chi connectivity index (χ0v) is 13.0. The molecule has 0 aliphatic heterocycles. The van der Waals surface area contributed by atoms with Crippen LogP contribution in [0.2, 0.25) is 0 Å². The van der Waals surface area contributed by atoms with Gasteiger partial charge in [-0.3, -0.25) is 4.79 Å². The highest BCUT2D eigenvalue weighted by Crippen LogP contribution is 2.27. The summed E-state index contributed by atoms with van der Waals surface area (Å²) in [6, 6.07) is 0.412. The minimum atomic E-state index is -0.0819. The fraction of sp³-hybridized carbons (Fsp3) is 0.929. The summed E-state index contributed by atoms with van der Waals surface area (Å²) in [6.07, 6.45) is 7.27. The summed E-state index contributed by atoms with van der Waals surface area (Å²) in [4.78, 5) is 11.9. The molecule has 2 N–H and O–H groups in total. The first-order chi connectivity index (χ1) is 8.54. The van der Waals surface area contributed by atoms with Crippen LogP contribution in [-0.2, 0) is 4.79 Å². The van der Waals surface area contributed by atoms with Crippen LogP contribution in [0.5, 0.6) is 0 Å². The molecular weight excluding hydrogens is 244 g/mol. The molecule has 0 aromatic rings. The summed E-state index contributed by atoms with van der Waals surface area (Å²) in [5.74, 6) is 0.643. The zero-order chi connectivity index (χ0) is 13.5. The van der Waals surface area contributed by atoms with Crippen LogP contribution in [0, 0.1) is 5.92 Å². The maximum atomic E-state index is 11.9. The Balaban J connectivity index is 2.37. The molecule has 3 atom stereocenters. The Morgan fingerprint density at radius 1 is 1.28 bits per heavy atom. The summed E-state index contributed by atoms with van der Waals surface area (Å²) in [6.45, 7) is 6.97. The molecule has 1 rings (SSSR count). The third kappa shape index (κ3) is 5.19. The highest BCUT2D eigenvalue weighted by atomic mass is 32.2. The van der Waals surface area contributed by atoms with E-state index in [1.54, 1.807) is 0 Å². The second-order valence-electron chi connectivity index (χ2n) is 5.69. The van der Waals surface area contributed by atoms with Gasteiger partial charge in [0, 0.05) is 17.8 Å². The summed E-state index contributed by atoms with van der Waals surface area (Å²) >= 11 is 1.93. The van der Waals surface area contributed by atoms with Gasteiger partial charge in [-0.2, -0.15) is 11.8 Å². The van der Waals surface area contributed by atoms with Crippen LogP contribution >= 0.6 is 11.8 Å². The highest BCUT2D eigenvalue weighted by molar-refractivity contribution is 7.99. The lowest BCUT2D eigenvalue weighted by Crippen LogP contribution is -2.51. The molecule has 1 amide bonds. The van der Waals surface area contributed by atoms with Gasteiger partial charge in [0.05, 0.1) is 6.04 Å². The van der Waals surface area contributed by atoms with E-state index in [0.29, 0.717) is 17.2 Å². The Bertz CT molecular complexity index is 258. The summed E-state index contributed by atoms with van der Waals surface area (Å²) in [5, 5.41) is 7.17. The average molecular weight is 272 g/mol. The predicted molar refractivity (Wildman–Crippen MR) is 80.0 cm³/mol. The van der Waals surface area contributed by atoms with Gasteiger partial charge in [-0.25, -0.2) is 0 Å². The molecular formula is C14H28N2OS. The Morgan fingerprint density at radius 2 is 1.94 bits per heavy atom. The molecule has 0 aromatic carbocycles. The molecule has 0 saturated heterocycles.